The number of hydrogen-bond acceptors (Lipinski definition) is 7. The fraction of sp³-hybridized carbons (Fsp3) is 0.423. The molecule has 1 heterocycles. The molecule has 2 amide bonds. The number of hydrogen-bond donors (Lipinski definition) is 3. The van der Waals surface area contributed by atoms with Crippen molar-refractivity contribution in [2.45, 2.75) is 44.3 Å². The maximum absolute atomic E-state index is 13.1. The minimum absolute atomic E-state index is 0.381. The zero-order chi connectivity index (χ0) is 25.5. The van der Waals surface area contributed by atoms with Crippen LogP contribution in [0.3, 0.4) is 0 Å². The summed E-state index contributed by atoms with van der Waals surface area (Å²) in [6.45, 7) is 1.58. The van der Waals surface area contributed by atoms with E-state index in [0.29, 0.717) is 36.3 Å². The average molecular weight is 484 g/mol. The van der Waals surface area contributed by atoms with Gasteiger partial charge in [0, 0.05) is 11.1 Å². The van der Waals surface area contributed by atoms with Crippen LogP contribution in [0.4, 0.5) is 0 Å². The molecule has 0 saturated carbocycles. The van der Waals surface area contributed by atoms with Crippen LogP contribution in [-0.2, 0) is 25.5 Å². The normalized spacial score (nSPS) is 20.9. The molecule has 1 aliphatic heterocycles. The lowest BCUT2D eigenvalue weighted by Gasteiger charge is -2.23. The monoisotopic (exact) mass is 483 g/mol. The molecule has 2 aromatic rings. The maximum Gasteiger partial charge on any atom is 0.328 e. The Labute approximate surface area is 205 Å². The largest absolute Gasteiger partial charge is 0.496 e. The van der Waals surface area contributed by atoms with Crippen LogP contribution in [0.25, 0.3) is 11.1 Å². The van der Waals surface area contributed by atoms with Gasteiger partial charge in [-0.25, -0.2) is 4.79 Å². The highest BCUT2D eigenvalue weighted by Crippen LogP contribution is 2.39. The number of rotatable bonds is 4. The third-order valence-corrected chi connectivity index (χ3v) is 6.17. The van der Waals surface area contributed by atoms with Gasteiger partial charge in [-0.1, -0.05) is 12.1 Å². The fourth-order valence-electron chi connectivity index (χ4n) is 4.25. The average Bonchev–Trinajstić information content (AvgIpc) is 2.87. The van der Waals surface area contributed by atoms with Gasteiger partial charge in [-0.05, 0) is 68.6 Å². The fourth-order valence-corrected chi connectivity index (χ4v) is 4.25. The Morgan fingerprint density at radius 2 is 1.60 bits per heavy atom. The standard InChI is InChI=1S/C26H33N3O6/c1-15-24(30)29-20(26(32)35-5)8-6-7-16-9-11-21(33-3)18(13-16)19-14-17(10-12-22(19)34-4)23(27-2)25(31)28-15/h9-15,20,23,27H,6-8H2,1-5H3,(H,28,31)(H,29,30). The van der Waals surface area contributed by atoms with Gasteiger partial charge in [0.2, 0.25) is 11.8 Å². The van der Waals surface area contributed by atoms with E-state index in [2.05, 4.69) is 16.0 Å². The molecule has 3 unspecified atom stereocenters. The van der Waals surface area contributed by atoms with Gasteiger partial charge in [0.05, 0.1) is 21.3 Å². The number of carbonyl (C=O) groups excluding carboxylic acids is 3. The van der Waals surface area contributed by atoms with Gasteiger partial charge in [0.1, 0.15) is 29.6 Å². The number of benzene rings is 2. The van der Waals surface area contributed by atoms with Crippen LogP contribution in [-0.4, -0.2) is 58.2 Å². The van der Waals surface area contributed by atoms with Crippen LogP contribution in [0.5, 0.6) is 11.5 Å². The van der Waals surface area contributed by atoms with Gasteiger partial charge in [-0.15, -0.1) is 0 Å². The second-order valence-electron chi connectivity index (χ2n) is 8.42. The number of aryl methyl sites for hydroxylation is 1. The first kappa shape index (κ1) is 26.0. The van der Waals surface area contributed by atoms with Crippen molar-refractivity contribution in [2.24, 2.45) is 0 Å². The Morgan fingerprint density at radius 1 is 0.943 bits per heavy atom. The van der Waals surface area contributed by atoms with Crippen LogP contribution in [0, 0.1) is 0 Å². The van der Waals surface area contributed by atoms with E-state index in [1.54, 1.807) is 34.3 Å². The van der Waals surface area contributed by atoms with E-state index in [-0.39, 0.29) is 5.91 Å². The summed E-state index contributed by atoms with van der Waals surface area (Å²) >= 11 is 0. The molecule has 3 N–H and O–H groups in total. The summed E-state index contributed by atoms with van der Waals surface area (Å²) in [5.41, 5.74) is 3.34. The van der Waals surface area contributed by atoms with Crippen LogP contribution in [0.2, 0.25) is 0 Å². The summed E-state index contributed by atoms with van der Waals surface area (Å²) in [5, 5.41) is 8.47. The summed E-state index contributed by atoms with van der Waals surface area (Å²) in [6.07, 6.45) is 1.69. The van der Waals surface area contributed by atoms with Crippen molar-refractivity contribution in [1.82, 2.24) is 16.0 Å². The Bertz CT molecular complexity index is 1090. The Morgan fingerprint density at radius 3 is 2.23 bits per heavy atom. The number of likely N-dealkylation sites (N-methyl/N-ethyl adjacent to an activating group) is 1. The van der Waals surface area contributed by atoms with Gasteiger partial charge in [0.15, 0.2) is 0 Å². The van der Waals surface area contributed by atoms with Gasteiger partial charge >= 0.3 is 5.97 Å². The molecule has 0 spiro atoms. The second kappa shape index (κ2) is 11.7. The number of ether oxygens (including phenoxy) is 3. The van der Waals surface area contributed by atoms with Crippen molar-refractivity contribution in [3.05, 3.63) is 47.5 Å². The lowest BCUT2D eigenvalue weighted by atomic mass is 9.94. The van der Waals surface area contributed by atoms with E-state index in [1.165, 1.54) is 7.11 Å². The molecule has 9 heteroatoms. The van der Waals surface area contributed by atoms with Crippen molar-refractivity contribution in [3.63, 3.8) is 0 Å². The third-order valence-electron chi connectivity index (χ3n) is 6.17. The van der Waals surface area contributed by atoms with E-state index in [1.807, 2.05) is 30.3 Å². The van der Waals surface area contributed by atoms with Gasteiger partial charge in [-0.2, -0.15) is 0 Å². The van der Waals surface area contributed by atoms with Gasteiger partial charge in [0.25, 0.3) is 0 Å². The Kier molecular flexibility index (Phi) is 8.70. The highest BCUT2D eigenvalue weighted by molar-refractivity contribution is 5.92. The second-order valence-corrected chi connectivity index (χ2v) is 8.42. The molecular formula is C26H33N3O6. The van der Waals surface area contributed by atoms with Crippen molar-refractivity contribution < 1.29 is 28.6 Å². The first-order chi connectivity index (χ1) is 16.8. The summed E-state index contributed by atoms with van der Waals surface area (Å²) < 4.78 is 16.1. The highest BCUT2D eigenvalue weighted by atomic mass is 16.5. The van der Waals surface area contributed by atoms with Crippen LogP contribution >= 0.6 is 0 Å². The van der Waals surface area contributed by atoms with Gasteiger partial charge < -0.3 is 30.2 Å². The molecule has 0 radical (unpaired) electrons. The number of carbonyl (C=O) groups is 3. The molecular weight excluding hydrogens is 450 g/mol. The van der Waals surface area contributed by atoms with E-state index < -0.39 is 30.0 Å². The summed E-state index contributed by atoms with van der Waals surface area (Å²) in [4.78, 5) is 38.2. The summed E-state index contributed by atoms with van der Waals surface area (Å²) in [6, 6.07) is 9.00. The van der Waals surface area contributed by atoms with E-state index >= 15 is 0 Å². The molecule has 9 nitrogen and oxygen atoms in total. The molecule has 188 valence electrons. The molecule has 3 atom stereocenters. The number of nitrogens with one attached hydrogen (secondary N) is 3. The number of amides is 2. The van der Waals surface area contributed by atoms with Crippen molar-refractivity contribution in [1.29, 1.82) is 0 Å². The highest BCUT2D eigenvalue weighted by Gasteiger charge is 2.28. The van der Waals surface area contributed by atoms with E-state index in [0.717, 1.165) is 16.7 Å². The third kappa shape index (κ3) is 5.92. The smallest absolute Gasteiger partial charge is 0.328 e. The predicted octanol–water partition coefficient (Wildman–Crippen LogP) is 2.13. The molecule has 2 aromatic carbocycles. The Hall–Kier alpha value is -3.59. The first-order valence-electron chi connectivity index (χ1n) is 11.5. The Balaban J connectivity index is 2.12. The predicted molar refractivity (Wildman–Crippen MR) is 131 cm³/mol. The van der Waals surface area contributed by atoms with E-state index in [9.17, 15) is 14.4 Å². The number of fused-ring (bicyclic) bond motifs is 5. The molecule has 1 aliphatic rings. The van der Waals surface area contributed by atoms with Crippen molar-refractivity contribution in [2.75, 3.05) is 28.4 Å². The maximum atomic E-state index is 13.1. The summed E-state index contributed by atoms with van der Waals surface area (Å²) in [7, 11) is 6.16. The van der Waals surface area contributed by atoms with E-state index in [4.69, 9.17) is 14.2 Å². The SMILES string of the molecule is CNC1C(=O)NC(C)C(=O)NC(C(=O)OC)CCCc2ccc(OC)c(c2)-c2cc1ccc2OC. The molecule has 35 heavy (non-hydrogen) atoms. The molecule has 4 bridgehead atoms. The molecule has 0 aliphatic carbocycles. The molecule has 3 rings (SSSR count). The van der Waals surface area contributed by atoms with Crippen molar-refractivity contribution >= 4 is 17.8 Å². The van der Waals surface area contributed by atoms with Crippen LogP contribution in [0.15, 0.2) is 36.4 Å². The first-order valence-corrected chi connectivity index (χ1v) is 11.5. The van der Waals surface area contributed by atoms with Crippen LogP contribution < -0.4 is 25.4 Å². The van der Waals surface area contributed by atoms with Crippen LogP contribution in [0.1, 0.15) is 36.9 Å². The lowest BCUT2D eigenvalue weighted by Crippen LogP contribution is -2.52. The number of methoxy groups -OCH3 is 3. The molecule has 0 aromatic heterocycles. The minimum Gasteiger partial charge on any atom is -0.496 e. The molecule has 0 saturated heterocycles. The lowest BCUT2D eigenvalue weighted by molar-refractivity contribution is -0.145. The number of esters is 1. The zero-order valence-corrected chi connectivity index (χ0v) is 20.8. The minimum atomic E-state index is -0.857. The quantitative estimate of drug-likeness (QED) is 0.571. The van der Waals surface area contributed by atoms with Crippen molar-refractivity contribution in [3.8, 4) is 22.6 Å². The summed E-state index contributed by atoms with van der Waals surface area (Å²) in [5.74, 6) is -0.0593. The van der Waals surface area contributed by atoms with Gasteiger partial charge in [-0.3, -0.25) is 9.59 Å². The molecule has 0 fully saturated rings. The topological polar surface area (TPSA) is 115 Å². The zero-order valence-electron chi connectivity index (χ0n) is 20.8.